The zero-order valence-electron chi connectivity index (χ0n) is 15.3. The van der Waals surface area contributed by atoms with Gasteiger partial charge in [-0.3, -0.25) is 9.05 Å². The molecule has 4 atom stereocenters. The lowest BCUT2D eigenvalue weighted by molar-refractivity contribution is 0.0854. The van der Waals surface area contributed by atoms with E-state index in [1.54, 1.807) is 36.0 Å². The molecule has 1 heterocycles. The van der Waals surface area contributed by atoms with Crippen LogP contribution < -0.4 is 0 Å². The Bertz CT molecular complexity index is 920. The molecule has 1 fully saturated rings. The van der Waals surface area contributed by atoms with E-state index in [4.69, 9.17) is 15.5 Å². The molecule has 3 rings (SSSR count). The van der Waals surface area contributed by atoms with Gasteiger partial charge in [0.05, 0.1) is 6.42 Å². The third-order valence-corrected chi connectivity index (χ3v) is 7.00. The number of nitrogens with zero attached hydrogens (tertiary/aromatic N) is 2. The molecule has 0 unspecified atom stereocenters. The molecule has 0 bridgehead atoms. The van der Waals surface area contributed by atoms with Gasteiger partial charge in [-0.1, -0.05) is 60.7 Å². The van der Waals surface area contributed by atoms with Gasteiger partial charge in [0.2, 0.25) is 5.60 Å². The van der Waals surface area contributed by atoms with Gasteiger partial charge in [0.1, 0.15) is 12.2 Å². The van der Waals surface area contributed by atoms with E-state index in [1.807, 2.05) is 43.3 Å². The standard InChI is InChI=1S/C21H21N2O3P/c1-4-15-21(16-22,19-13-9-6-10-14-19)26-27(24)23(3)17(2)20(25-27)18-11-7-5-8-12-18/h1,5-14,17,20H,15H2,2-3H3/t17-,20+,21-,27-/m0/s1. The lowest BCUT2D eigenvalue weighted by Gasteiger charge is -2.30. The van der Waals surface area contributed by atoms with Crippen molar-refractivity contribution in [2.24, 2.45) is 0 Å². The predicted octanol–water partition coefficient (Wildman–Crippen LogP) is 4.65. The van der Waals surface area contributed by atoms with Crippen molar-refractivity contribution in [3.63, 3.8) is 0 Å². The van der Waals surface area contributed by atoms with E-state index in [1.165, 1.54) is 0 Å². The summed E-state index contributed by atoms with van der Waals surface area (Å²) >= 11 is 0. The van der Waals surface area contributed by atoms with Crippen molar-refractivity contribution < 1.29 is 13.6 Å². The first-order valence-corrected chi connectivity index (χ1v) is 10.1. The number of rotatable bonds is 5. The summed E-state index contributed by atoms with van der Waals surface area (Å²) in [6.45, 7) is 1.92. The minimum absolute atomic E-state index is 0.0426. The average molecular weight is 380 g/mol. The van der Waals surface area contributed by atoms with E-state index < -0.39 is 19.5 Å². The fourth-order valence-electron chi connectivity index (χ4n) is 3.15. The Morgan fingerprint density at radius 2 is 1.81 bits per heavy atom. The Labute approximate surface area is 160 Å². The number of likely N-dealkylation sites (N-methyl/N-ethyl adjacent to an activating group) is 1. The summed E-state index contributed by atoms with van der Waals surface area (Å²) < 4.78 is 27.1. The highest BCUT2D eigenvalue weighted by Gasteiger charge is 2.53. The van der Waals surface area contributed by atoms with Crippen LogP contribution in [0.3, 0.4) is 0 Å². The van der Waals surface area contributed by atoms with Gasteiger partial charge in [-0.05, 0) is 25.1 Å². The van der Waals surface area contributed by atoms with E-state index in [-0.39, 0.29) is 12.5 Å². The maximum absolute atomic E-state index is 13.6. The van der Waals surface area contributed by atoms with E-state index in [9.17, 15) is 9.83 Å². The van der Waals surface area contributed by atoms with Crippen molar-refractivity contribution in [2.45, 2.75) is 31.1 Å². The highest BCUT2D eigenvalue weighted by molar-refractivity contribution is 7.51. The van der Waals surface area contributed by atoms with Crippen LogP contribution in [0, 0.1) is 23.7 Å². The van der Waals surface area contributed by atoms with Gasteiger partial charge in [-0.15, -0.1) is 12.3 Å². The number of nitriles is 1. The molecule has 138 valence electrons. The quantitative estimate of drug-likeness (QED) is 0.558. The number of hydrogen-bond acceptors (Lipinski definition) is 4. The zero-order valence-corrected chi connectivity index (χ0v) is 16.2. The number of terminal acetylenes is 1. The van der Waals surface area contributed by atoms with Crippen molar-refractivity contribution in [3.05, 3.63) is 71.8 Å². The molecule has 0 spiro atoms. The van der Waals surface area contributed by atoms with Crippen LogP contribution in [0.2, 0.25) is 0 Å². The molecule has 0 aromatic heterocycles. The van der Waals surface area contributed by atoms with E-state index >= 15 is 0 Å². The summed E-state index contributed by atoms with van der Waals surface area (Å²) in [7, 11) is -2.08. The van der Waals surface area contributed by atoms with Crippen LogP contribution in [-0.4, -0.2) is 17.8 Å². The maximum Gasteiger partial charge on any atom is 0.410 e. The van der Waals surface area contributed by atoms with Crippen LogP contribution >= 0.6 is 7.75 Å². The molecule has 2 aromatic rings. The minimum atomic E-state index is -3.76. The summed E-state index contributed by atoms with van der Waals surface area (Å²) in [6, 6.07) is 20.3. The van der Waals surface area contributed by atoms with Crippen molar-refractivity contribution in [1.82, 2.24) is 4.67 Å². The summed E-state index contributed by atoms with van der Waals surface area (Å²) in [5.74, 6) is 2.48. The molecule has 0 amide bonds. The molecule has 0 N–H and O–H groups in total. The minimum Gasteiger partial charge on any atom is -0.287 e. The largest absolute Gasteiger partial charge is 0.410 e. The first-order valence-electron chi connectivity index (χ1n) is 8.63. The third-order valence-electron chi connectivity index (χ3n) is 4.83. The maximum atomic E-state index is 13.6. The summed E-state index contributed by atoms with van der Waals surface area (Å²) in [5.41, 5.74) is -0.101. The summed E-state index contributed by atoms with van der Waals surface area (Å²) in [5, 5.41) is 9.91. The fraction of sp³-hybridized carbons (Fsp3) is 0.286. The third kappa shape index (κ3) is 3.56. The highest BCUT2D eigenvalue weighted by Crippen LogP contribution is 2.65. The van der Waals surface area contributed by atoms with E-state index in [0.717, 1.165) is 5.56 Å². The Morgan fingerprint density at radius 1 is 1.22 bits per heavy atom. The molecule has 0 aliphatic carbocycles. The average Bonchev–Trinajstić information content (AvgIpc) is 2.93. The molecule has 1 saturated heterocycles. The Hall–Kier alpha value is -2.40. The first-order chi connectivity index (χ1) is 13.0. The molecular formula is C21H21N2O3P. The molecule has 0 saturated carbocycles. The van der Waals surface area contributed by atoms with Crippen LogP contribution in [0.5, 0.6) is 0 Å². The second-order valence-electron chi connectivity index (χ2n) is 6.50. The monoisotopic (exact) mass is 380 g/mol. The van der Waals surface area contributed by atoms with Crippen molar-refractivity contribution in [3.8, 4) is 18.4 Å². The van der Waals surface area contributed by atoms with Gasteiger partial charge in [0.25, 0.3) is 0 Å². The topological polar surface area (TPSA) is 62.6 Å². The Kier molecular flexibility index (Phi) is 5.51. The molecular weight excluding hydrogens is 359 g/mol. The van der Waals surface area contributed by atoms with Crippen LogP contribution in [0.25, 0.3) is 0 Å². The van der Waals surface area contributed by atoms with Crippen LogP contribution in [0.1, 0.15) is 30.6 Å². The molecule has 6 heteroatoms. The lowest BCUT2D eigenvalue weighted by Crippen LogP contribution is -2.30. The summed E-state index contributed by atoms with van der Waals surface area (Å²) in [6.07, 6.45) is 5.03. The Morgan fingerprint density at radius 3 is 2.37 bits per heavy atom. The first kappa shape index (κ1) is 19.4. The van der Waals surface area contributed by atoms with E-state index in [2.05, 4.69) is 12.0 Å². The lowest BCUT2D eigenvalue weighted by atomic mass is 9.92. The fourth-order valence-corrected chi connectivity index (χ4v) is 5.23. The molecule has 0 radical (unpaired) electrons. The van der Waals surface area contributed by atoms with Crippen LogP contribution in [0.4, 0.5) is 0 Å². The second-order valence-corrected chi connectivity index (χ2v) is 8.46. The Balaban J connectivity index is 1.98. The van der Waals surface area contributed by atoms with Crippen LogP contribution in [-0.2, 0) is 19.2 Å². The molecule has 2 aromatic carbocycles. The normalized spacial score (nSPS) is 27.4. The number of hydrogen-bond donors (Lipinski definition) is 0. The smallest absolute Gasteiger partial charge is 0.287 e. The molecule has 5 nitrogen and oxygen atoms in total. The van der Waals surface area contributed by atoms with Gasteiger partial charge < -0.3 is 0 Å². The number of benzene rings is 2. The highest BCUT2D eigenvalue weighted by atomic mass is 31.2. The van der Waals surface area contributed by atoms with Crippen molar-refractivity contribution in [2.75, 3.05) is 7.05 Å². The van der Waals surface area contributed by atoms with Crippen molar-refractivity contribution in [1.29, 1.82) is 5.26 Å². The van der Waals surface area contributed by atoms with Gasteiger partial charge in [0, 0.05) is 6.04 Å². The van der Waals surface area contributed by atoms with Gasteiger partial charge >= 0.3 is 7.75 Å². The SMILES string of the molecule is C#CC[C@@](C#N)(O[P@@]1(=O)O[C@@H](c2ccccc2)[C@H](C)N1C)c1ccccc1. The van der Waals surface area contributed by atoms with Gasteiger partial charge in [-0.25, -0.2) is 9.24 Å². The van der Waals surface area contributed by atoms with Crippen molar-refractivity contribution >= 4 is 7.75 Å². The molecule has 1 aliphatic heterocycles. The zero-order chi connectivity index (χ0) is 19.5. The van der Waals surface area contributed by atoms with Gasteiger partial charge in [0.15, 0.2) is 0 Å². The second kappa shape index (κ2) is 7.69. The predicted molar refractivity (Wildman–Crippen MR) is 103 cm³/mol. The van der Waals surface area contributed by atoms with E-state index in [0.29, 0.717) is 5.56 Å². The van der Waals surface area contributed by atoms with Gasteiger partial charge in [-0.2, -0.15) is 5.26 Å². The molecule has 1 aliphatic rings. The summed E-state index contributed by atoms with van der Waals surface area (Å²) in [4.78, 5) is 0. The van der Waals surface area contributed by atoms with Crippen LogP contribution in [0.15, 0.2) is 60.7 Å². The molecule has 27 heavy (non-hydrogen) atoms.